The second-order valence-electron chi connectivity index (χ2n) is 6.59. The first kappa shape index (κ1) is 18.4. The predicted molar refractivity (Wildman–Crippen MR) is 110 cm³/mol. The van der Waals surface area contributed by atoms with Gasteiger partial charge in [-0.3, -0.25) is 9.59 Å². The van der Waals surface area contributed by atoms with E-state index < -0.39 is 6.04 Å². The fourth-order valence-corrected chi connectivity index (χ4v) is 3.08. The van der Waals surface area contributed by atoms with Gasteiger partial charge in [0, 0.05) is 18.2 Å². The Morgan fingerprint density at radius 3 is 2.34 bits per heavy atom. The van der Waals surface area contributed by atoms with Crippen molar-refractivity contribution in [2.45, 2.75) is 13.0 Å². The third-order valence-corrected chi connectivity index (χ3v) is 4.47. The largest absolute Gasteiger partial charge is 0.441 e. The molecule has 1 aromatic heterocycles. The molecule has 0 saturated heterocycles. The molecule has 0 spiro atoms. The zero-order chi connectivity index (χ0) is 20.2. The number of carbonyl (C=O) groups excluding carboxylic acids is 2. The maximum Gasteiger partial charge on any atom is 0.252 e. The number of amides is 2. The molecule has 0 fully saturated rings. The Bertz CT molecular complexity index is 1150. The molecule has 0 aliphatic carbocycles. The first-order chi connectivity index (χ1) is 14.1. The Balaban J connectivity index is 1.59. The zero-order valence-electron chi connectivity index (χ0n) is 15.8. The maximum atomic E-state index is 13.1. The molecule has 0 radical (unpaired) electrons. The number of nitrogens with zero attached hydrogens (tertiary/aromatic N) is 1. The lowest BCUT2D eigenvalue weighted by Gasteiger charge is -2.19. The molecule has 1 heterocycles. The zero-order valence-corrected chi connectivity index (χ0v) is 15.8. The number of carbonyl (C=O) groups is 2. The van der Waals surface area contributed by atoms with E-state index in [2.05, 4.69) is 15.6 Å². The van der Waals surface area contributed by atoms with E-state index in [4.69, 9.17) is 4.42 Å². The third-order valence-electron chi connectivity index (χ3n) is 4.47. The Kier molecular flexibility index (Phi) is 5.07. The fourth-order valence-electron chi connectivity index (χ4n) is 3.08. The molecular formula is C23H19N3O3. The number of anilines is 1. The van der Waals surface area contributed by atoms with E-state index in [1.54, 1.807) is 61.5 Å². The molecule has 0 aliphatic rings. The molecule has 0 saturated carbocycles. The van der Waals surface area contributed by atoms with Crippen molar-refractivity contribution in [3.63, 3.8) is 0 Å². The topological polar surface area (TPSA) is 84.2 Å². The quantitative estimate of drug-likeness (QED) is 0.538. The molecule has 6 nitrogen and oxygen atoms in total. The lowest BCUT2D eigenvalue weighted by Crippen LogP contribution is -2.37. The molecule has 4 rings (SSSR count). The van der Waals surface area contributed by atoms with Gasteiger partial charge in [0.1, 0.15) is 11.6 Å². The van der Waals surface area contributed by atoms with E-state index in [0.29, 0.717) is 33.8 Å². The van der Waals surface area contributed by atoms with Gasteiger partial charge in [-0.15, -0.1) is 0 Å². The summed E-state index contributed by atoms with van der Waals surface area (Å²) < 4.78 is 5.47. The molecule has 2 amide bonds. The second kappa shape index (κ2) is 7.98. The number of oxazole rings is 1. The lowest BCUT2D eigenvalue weighted by molar-refractivity contribution is -0.118. The van der Waals surface area contributed by atoms with E-state index in [1.807, 2.05) is 24.3 Å². The summed E-state index contributed by atoms with van der Waals surface area (Å²) in [6.45, 7) is 1.77. The van der Waals surface area contributed by atoms with Crippen molar-refractivity contribution in [1.29, 1.82) is 0 Å². The Morgan fingerprint density at radius 2 is 1.62 bits per heavy atom. The SMILES string of the molecule is Cc1nc2cc(NC(=O)C(NC(=O)c3ccccc3)c3ccccc3)ccc2o1. The van der Waals surface area contributed by atoms with Crippen LogP contribution in [0, 0.1) is 6.92 Å². The molecule has 0 aliphatic heterocycles. The van der Waals surface area contributed by atoms with Crippen LogP contribution in [0.5, 0.6) is 0 Å². The van der Waals surface area contributed by atoms with Crippen molar-refractivity contribution >= 4 is 28.6 Å². The van der Waals surface area contributed by atoms with Gasteiger partial charge in [-0.1, -0.05) is 48.5 Å². The minimum Gasteiger partial charge on any atom is -0.441 e. The number of fused-ring (bicyclic) bond motifs is 1. The number of benzene rings is 3. The van der Waals surface area contributed by atoms with Gasteiger partial charge in [-0.2, -0.15) is 0 Å². The third kappa shape index (κ3) is 4.16. The number of aromatic nitrogens is 1. The molecule has 4 aromatic rings. The van der Waals surface area contributed by atoms with Gasteiger partial charge >= 0.3 is 0 Å². The molecule has 29 heavy (non-hydrogen) atoms. The normalized spacial score (nSPS) is 11.8. The minimum absolute atomic E-state index is 0.322. The number of nitrogens with one attached hydrogen (secondary N) is 2. The number of rotatable bonds is 5. The number of hydrogen-bond acceptors (Lipinski definition) is 4. The number of hydrogen-bond donors (Lipinski definition) is 2. The van der Waals surface area contributed by atoms with Gasteiger partial charge in [-0.25, -0.2) is 4.98 Å². The van der Waals surface area contributed by atoms with Crippen molar-refractivity contribution in [3.8, 4) is 0 Å². The van der Waals surface area contributed by atoms with E-state index in [1.165, 1.54) is 0 Å². The summed E-state index contributed by atoms with van der Waals surface area (Å²) >= 11 is 0. The monoisotopic (exact) mass is 385 g/mol. The molecule has 6 heteroatoms. The molecule has 3 aromatic carbocycles. The molecule has 144 valence electrons. The Labute approximate surface area is 167 Å². The van der Waals surface area contributed by atoms with Crippen LogP contribution in [0.25, 0.3) is 11.1 Å². The van der Waals surface area contributed by atoms with Crippen LogP contribution in [0.3, 0.4) is 0 Å². The standard InChI is InChI=1S/C23H19N3O3/c1-15-24-19-14-18(12-13-20(19)29-15)25-23(28)21(16-8-4-2-5-9-16)26-22(27)17-10-6-3-7-11-17/h2-14,21H,1H3,(H,25,28)(H,26,27). The highest BCUT2D eigenvalue weighted by molar-refractivity contribution is 6.02. The van der Waals surface area contributed by atoms with E-state index in [0.717, 1.165) is 0 Å². The van der Waals surface area contributed by atoms with Crippen molar-refractivity contribution in [2.24, 2.45) is 0 Å². The summed E-state index contributed by atoms with van der Waals surface area (Å²) in [5.74, 6) is -0.113. The summed E-state index contributed by atoms with van der Waals surface area (Å²) in [5.41, 5.74) is 3.06. The van der Waals surface area contributed by atoms with Crippen LogP contribution < -0.4 is 10.6 Å². The molecule has 1 atom stereocenters. The molecule has 1 unspecified atom stereocenters. The summed E-state index contributed by atoms with van der Waals surface area (Å²) in [7, 11) is 0. The smallest absolute Gasteiger partial charge is 0.252 e. The lowest BCUT2D eigenvalue weighted by atomic mass is 10.1. The first-order valence-corrected chi connectivity index (χ1v) is 9.19. The summed E-state index contributed by atoms with van der Waals surface area (Å²) in [4.78, 5) is 30.0. The van der Waals surface area contributed by atoms with E-state index in [-0.39, 0.29) is 11.8 Å². The van der Waals surface area contributed by atoms with Crippen LogP contribution in [-0.4, -0.2) is 16.8 Å². The highest BCUT2D eigenvalue weighted by Crippen LogP contribution is 2.22. The van der Waals surface area contributed by atoms with Crippen molar-refractivity contribution < 1.29 is 14.0 Å². The van der Waals surface area contributed by atoms with Crippen molar-refractivity contribution in [1.82, 2.24) is 10.3 Å². The highest BCUT2D eigenvalue weighted by Gasteiger charge is 2.23. The van der Waals surface area contributed by atoms with Crippen LogP contribution in [0.4, 0.5) is 5.69 Å². The van der Waals surface area contributed by atoms with Gasteiger partial charge in [0.2, 0.25) is 0 Å². The molecule has 2 N–H and O–H groups in total. The van der Waals surface area contributed by atoms with Crippen LogP contribution in [0.1, 0.15) is 27.9 Å². The van der Waals surface area contributed by atoms with Gasteiger partial charge in [0.25, 0.3) is 11.8 Å². The van der Waals surface area contributed by atoms with Crippen LogP contribution in [0.15, 0.2) is 83.3 Å². The second-order valence-corrected chi connectivity index (χ2v) is 6.59. The Hall–Kier alpha value is -3.93. The molecular weight excluding hydrogens is 366 g/mol. The fraction of sp³-hybridized carbons (Fsp3) is 0.0870. The number of aryl methyl sites for hydroxylation is 1. The van der Waals surface area contributed by atoms with Gasteiger partial charge in [0.05, 0.1) is 0 Å². The maximum absolute atomic E-state index is 13.1. The van der Waals surface area contributed by atoms with Gasteiger partial charge < -0.3 is 15.1 Å². The average Bonchev–Trinajstić information content (AvgIpc) is 3.12. The summed E-state index contributed by atoms with van der Waals surface area (Å²) in [5, 5.41) is 5.69. The Morgan fingerprint density at radius 1 is 0.931 bits per heavy atom. The van der Waals surface area contributed by atoms with Gasteiger partial charge in [0.15, 0.2) is 11.5 Å². The predicted octanol–water partition coefficient (Wildman–Crippen LogP) is 4.25. The van der Waals surface area contributed by atoms with E-state index in [9.17, 15) is 9.59 Å². The van der Waals surface area contributed by atoms with Crippen LogP contribution in [0.2, 0.25) is 0 Å². The van der Waals surface area contributed by atoms with E-state index >= 15 is 0 Å². The minimum atomic E-state index is -0.848. The van der Waals surface area contributed by atoms with Crippen molar-refractivity contribution in [2.75, 3.05) is 5.32 Å². The van der Waals surface area contributed by atoms with Crippen LogP contribution in [-0.2, 0) is 4.79 Å². The van der Waals surface area contributed by atoms with Crippen LogP contribution >= 0.6 is 0 Å². The highest BCUT2D eigenvalue weighted by atomic mass is 16.3. The summed E-state index contributed by atoms with van der Waals surface area (Å²) in [6, 6.07) is 22.3. The molecule has 0 bridgehead atoms. The average molecular weight is 385 g/mol. The summed E-state index contributed by atoms with van der Waals surface area (Å²) in [6.07, 6.45) is 0. The van der Waals surface area contributed by atoms with Gasteiger partial charge in [-0.05, 0) is 35.9 Å². The first-order valence-electron chi connectivity index (χ1n) is 9.19. The van der Waals surface area contributed by atoms with Crippen molar-refractivity contribution in [3.05, 3.63) is 95.9 Å².